The first-order valence-electron chi connectivity index (χ1n) is 12.7. The monoisotopic (exact) mass is 582 g/mol. The van der Waals surface area contributed by atoms with Crippen LogP contribution in [0.4, 0.5) is 0 Å². The number of rotatable bonds is 10. The number of carbonyl (C=O) groups excluding carboxylic acids is 2. The topological polar surface area (TPSA) is 58.6 Å². The van der Waals surface area contributed by atoms with E-state index in [1.54, 1.807) is 29.2 Å². The number of carbonyl (C=O) groups is 2. The molecule has 1 aliphatic rings. The molecule has 0 bridgehead atoms. The van der Waals surface area contributed by atoms with Gasteiger partial charge in [0.25, 0.3) is 5.91 Å². The van der Waals surface area contributed by atoms with E-state index in [0.717, 1.165) is 41.3 Å². The van der Waals surface area contributed by atoms with Crippen LogP contribution in [0.1, 0.15) is 43.2 Å². The van der Waals surface area contributed by atoms with Gasteiger partial charge in [-0.05, 0) is 54.3 Å². The molecule has 1 aliphatic carbocycles. The lowest BCUT2D eigenvalue weighted by Crippen LogP contribution is -2.53. The molecule has 2 amide bonds. The number of ether oxygens (including phenoxy) is 1. The Bertz CT molecular complexity index is 1180. The van der Waals surface area contributed by atoms with Gasteiger partial charge in [-0.25, -0.2) is 0 Å². The summed E-state index contributed by atoms with van der Waals surface area (Å²) < 4.78 is 6.72. The Hall–Kier alpha value is -2.83. The van der Waals surface area contributed by atoms with Gasteiger partial charge in [-0.15, -0.1) is 0 Å². The molecule has 4 rings (SSSR count). The molecular formula is C30H32BrClN2O3. The second-order valence-electron chi connectivity index (χ2n) is 9.45. The summed E-state index contributed by atoms with van der Waals surface area (Å²) in [5, 5.41) is 3.78. The zero-order valence-electron chi connectivity index (χ0n) is 20.7. The maximum absolute atomic E-state index is 13.8. The number of hydrogen-bond acceptors (Lipinski definition) is 3. The molecule has 0 saturated heterocycles. The Morgan fingerprint density at radius 2 is 1.68 bits per heavy atom. The molecule has 0 radical (unpaired) electrons. The van der Waals surface area contributed by atoms with E-state index in [-0.39, 0.29) is 31.0 Å². The molecule has 7 heteroatoms. The van der Waals surface area contributed by atoms with Crippen molar-refractivity contribution in [2.75, 3.05) is 6.61 Å². The molecule has 194 valence electrons. The lowest BCUT2D eigenvalue weighted by atomic mass is 9.94. The van der Waals surface area contributed by atoms with E-state index in [0.29, 0.717) is 17.2 Å². The van der Waals surface area contributed by atoms with Gasteiger partial charge in [0.05, 0.1) is 0 Å². The fraction of sp³-hybridized carbons (Fsp3) is 0.333. The van der Waals surface area contributed by atoms with Crippen molar-refractivity contribution < 1.29 is 14.3 Å². The minimum Gasteiger partial charge on any atom is -0.484 e. The van der Waals surface area contributed by atoms with Crippen LogP contribution in [0.5, 0.6) is 5.75 Å². The highest BCUT2D eigenvalue weighted by Gasteiger charge is 2.32. The third kappa shape index (κ3) is 8.34. The minimum absolute atomic E-state index is 0.123. The van der Waals surface area contributed by atoms with Gasteiger partial charge >= 0.3 is 0 Å². The molecule has 0 aliphatic heterocycles. The average Bonchev–Trinajstić information content (AvgIpc) is 2.90. The lowest BCUT2D eigenvalue weighted by molar-refractivity contribution is -0.143. The number of amides is 2. The van der Waals surface area contributed by atoms with Crippen LogP contribution in [0.15, 0.2) is 83.3 Å². The number of nitrogens with one attached hydrogen (secondary N) is 1. The number of benzene rings is 3. The van der Waals surface area contributed by atoms with Crippen molar-refractivity contribution in [1.29, 1.82) is 0 Å². The molecule has 0 heterocycles. The summed E-state index contributed by atoms with van der Waals surface area (Å²) in [6.45, 7) is 0.0864. The van der Waals surface area contributed by atoms with E-state index in [1.165, 1.54) is 6.42 Å². The van der Waals surface area contributed by atoms with Crippen molar-refractivity contribution in [2.45, 2.75) is 57.2 Å². The highest BCUT2D eigenvalue weighted by molar-refractivity contribution is 9.10. The van der Waals surface area contributed by atoms with Crippen LogP contribution in [0.2, 0.25) is 5.02 Å². The van der Waals surface area contributed by atoms with Gasteiger partial charge in [-0.1, -0.05) is 95.3 Å². The SMILES string of the molecule is O=C(NC1CCCCC1)[C@@H](Cc1ccccc1)N(Cc1cccc(Br)c1)C(=O)COc1cccc(Cl)c1. The minimum atomic E-state index is -0.682. The van der Waals surface area contributed by atoms with Crippen molar-refractivity contribution >= 4 is 39.3 Å². The van der Waals surface area contributed by atoms with Gasteiger partial charge in [0.15, 0.2) is 6.61 Å². The molecule has 1 N–H and O–H groups in total. The van der Waals surface area contributed by atoms with Gasteiger partial charge in [0.1, 0.15) is 11.8 Å². The normalized spacial score (nSPS) is 14.5. The largest absolute Gasteiger partial charge is 0.484 e. The van der Waals surface area contributed by atoms with Crippen LogP contribution >= 0.6 is 27.5 Å². The zero-order valence-corrected chi connectivity index (χ0v) is 23.1. The molecule has 3 aromatic carbocycles. The molecule has 1 atom stereocenters. The summed E-state index contributed by atoms with van der Waals surface area (Å²) >= 11 is 9.61. The second-order valence-corrected chi connectivity index (χ2v) is 10.8. The molecule has 37 heavy (non-hydrogen) atoms. The van der Waals surface area contributed by atoms with E-state index >= 15 is 0 Å². The van der Waals surface area contributed by atoms with E-state index < -0.39 is 6.04 Å². The quantitative estimate of drug-likeness (QED) is 0.294. The third-order valence-electron chi connectivity index (χ3n) is 6.62. The van der Waals surface area contributed by atoms with E-state index in [4.69, 9.17) is 16.3 Å². The molecule has 0 unspecified atom stereocenters. The predicted octanol–water partition coefficient (Wildman–Crippen LogP) is 6.57. The fourth-order valence-electron chi connectivity index (χ4n) is 4.72. The first-order valence-corrected chi connectivity index (χ1v) is 13.9. The maximum Gasteiger partial charge on any atom is 0.261 e. The molecule has 1 fully saturated rings. The van der Waals surface area contributed by atoms with Crippen LogP contribution < -0.4 is 10.1 Å². The van der Waals surface area contributed by atoms with Gasteiger partial charge in [0.2, 0.25) is 5.91 Å². The Labute approximate surface area is 232 Å². The Morgan fingerprint density at radius 3 is 2.41 bits per heavy atom. The predicted molar refractivity (Wildman–Crippen MR) is 151 cm³/mol. The fourth-order valence-corrected chi connectivity index (χ4v) is 5.34. The van der Waals surface area contributed by atoms with Gasteiger partial charge < -0.3 is 15.0 Å². The van der Waals surface area contributed by atoms with E-state index in [9.17, 15) is 9.59 Å². The van der Waals surface area contributed by atoms with Gasteiger partial charge in [0, 0.05) is 28.5 Å². The first-order chi connectivity index (χ1) is 18.0. The summed E-state index contributed by atoms with van der Waals surface area (Å²) in [5.74, 6) is 0.121. The van der Waals surface area contributed by atoms with Crippen molar-refractivity contribution in [3.05, 3.63) is 99.5 Å². The number of halogens is 2. The smallest absolute Gasteiger partial charge is 0.261 e. The molecule has 5 nitrogen and oxygen atoms in total. The molecule has 1 saturated carbocycles. The number of nitrogens with zero attached hydrogens (tertiary/aromatic N) is 1. The average molecular weight is 584 g/mol. The molecule has 3 aromatic rings. The third-order valence-corrected chi connectivity index (χ3v) is 7.35. The summed E-state index contributed by atoms with van der Waals surface area (Å²) in [4.78, 5) is 29.1. The molecular weight excluding hydrogens is 552 g/mol. The van der Waals surface area contributed by atoms with Crippen molar-refractivity contribution in [3.8, 4) is 5.75 Å². The summed E-state index contributed by atoms with van der Waals surface area (Å²) in [6.07, 6.45) is 5.79. The summed E-state index contributed by atoms with van der Waals surface area (Å²) in [7, 11) is 0. The second kappa shape index (κ2) is 13.6. The first kappa shape index (κ1) is 27.2. The highest BCUT2D eigenvalue weighted by Crippen LogP contribution is 2.22. The summed E-state index contributed by atoms with van der Waals surface area (Å²) in [6, 6.07) is 24.1. The van der Waals surface area contributed by atoms with Crippen LogP contribution in [-0.4, -0.2) is 35.4 Å². The van der Waals surface area contributed by atoms with Crippen LogP contribution in [0.25, 0.3) is 0 Å². The Balaban J connectivity index is 1.61. The van der Waals surface area contributed by atoms with E-state index in [2.05, 4.69) is 21.2 Å². The highest BCUT2D eigenvalue weighted by atomic mass is 79.9. The van der Waals surface area contributed by atoms with E-state index in [1.807, 2.05) is 54.6 Å². The number of hydrogen-bond donors (Lipinski definition) is 1. The Kier molecular flexibility index (Phi) is 10.0. The lowest BCUT2D eigenvalue weighted by Gasteiger charge is -2.33. The maximum atomic E-state index is 13.8. The van der Waals surface area contributed by atoms with Gasteiger partial charge in [-0.2, -0.15) is 0 Å². The standard InChI is InChI=1S/C30H32BrClN2O3/c31-24-12-7-11-23(17-24)20-34(29(35)21-37-27-16-8-13-25(32)19-27)28(18-22-9-3-1-4-10-22)30(36)33-26-14-5-2-6-15-26/h1,3-4,7-13,16-17,19,26,28H,2,5-6,14-15,18,20-21H2,(H,33,36)/t28-/m1/s1. The zero-order chi connectivity index (χ0) is 26.0. The van der Waals surface area contributed by atoms with Crippen molar-refractivity contribution in [2.24, 2.45) is 0 Å². The van der Waals surface area contributed by atoms with Crippen LogP contribution in [0, 0.1) is 0 Å². The van der Waals surface area contributed by atoms with Gasteiger partial charge in [-0.3, -0.25) is 9.59 Å². The molecule has 0 aromatic heterocycles. The van der Waals surface area contributed by atoms with Crippen LogP contribution in [0.3, 0.4) is 0 Å². The Morgan fingerprint density at radius 1 is 0.946 bits per heavy atom. The summed E-state index contributed by atoms with van der Waals surface area (Å²) in [5.41, 5.74) is 1.92. The van der Waals surface area contributed by atoms with Crippen LogP contribution in [-0.2, 0) is 22.6 Å². The van der Waals surface area contributed by atoms with Crippen molar-refractivity contribution in [1.82, 2.24) is 10.2 Å². The van der Waals surface area contributed by atoms with Crippen molar-refractivity contribution in [3.63, 3.8) is 0 Å². The molecule has 0 spiro atoms.